The standard InChI is InChI=1S/C36H63O8P/c1-3-5-7-9-11-13-15-17-18-19-21-22-24-26-28-30-35(37)42-32-34(33-43-45(39,40)41)44-36(38)31-29-27-25-23-20-16-14-12-10-8-6-4-2/h5,7,11,13,17-18,21-22,34H,3-4,6,8-10,12,14-16,19-20,23-33H2,1-2H3,(H2,39,40,41)/b7-5-,13-11-,18-17-,22-21-/t34-/m1/s1. The molecule has 2 N–H and O–H groups in total. The van der Waals surface area contributed by atoms with Crippen molar-refractivity contribution in [1.29, 1.82) is 0 Å². The maximum Gasteiger partial charge on any atom is 0.469 e. The maximum absolute atomic E-state index is 12.3. The highest BCUT2D eigenvalue weighted by atomic mass is 31.2. The minimum atomic E-state index is -4.75. The van der Waals surface area contributed by atoms with Crippen LogP contribution in [-0.4, -0.2) is 41.0 Å². The van der Waals surface area contributed by atoms with Crippen LogP contribution in [0.4, 0.5) is 0 Å². The van der Waals surface area contributed by atoms with Gasteiger partial charge in [0.15, 0.2) is 6.10 Å². The molecule has 0 unspecified atom stereocenters. The largest absolute Gasteiger partial charge is 0.469 e. The first-order valence-electron chi connectivity index (χ1n) is 17.4. The number of phosphoric acid groups is 1. The molecule has 0 saturated heterocycles. The van der Waals surface area contributed by atoms with Gasteiger partial charge in [0.1, 0.15) is 6.61 Å². The van der Waals surface area contributed by atoms with Crippen LogP contribution in [0.15, 0.2) is 48.6 Å². The quantitative estimate of drug-likeness (QED) is 0.0328. The van der Waals surface area contributed by atoms with Gasteiger partial charge in [-0.1, -0.05) is 133 Å². The average Bonchev–Trinajstić information content (AvgIpc) is 3.00. The predicted octanol–water partition coefficient (Wildman–Crippen LogP) is 10.0. The highest BCUT2D eigenvalue weighted by molar-refractivity contribution is 7.46. The van der Waals surface area contributed by atoms with E-state index in [1.807, 2.05) is 0 Å². The number of ether oxygens (including phenoxy) is 2. The summed E-state index contributed by atoms with van der Waals surface area (Å²) in [6.45, 7) is 3.50. The van der Waals surface area contributed by atoms with Crippen molar-refractivity contribution < 1.29 is 37.9 Å². The van der Waals surface area contributed by atoms with E-state index in [9.17, 15) is 14.2 Å². The van der Waals surface area contributed by atoms with Crippen LogP contribution in [0.5, 0.6) is 0 Å². The molecule has 0 heterocycles. The first kappa shape index (κ1) is 43.0. The van der Waals surface area contributed by atoms with E-state index in [4.69, 9.17) is 19.3 Å². The molecule has 1 atom stereocenters. The summed E-state index contributed by atoms with van der Waals surface area (Å²) in [4.78, 5) is 42.5. The Morgan fingerprint density at radius 2 is 1.07 bits per heavy atom. The van der Waals surface area contributed by atoms with Crippen LogP contribution in [0.25, 0.3) is 0 Å². The van der Waals surface area contributed by atoms with Gasteiger partial charge >= 0.3 is 19.8 Å². The maximum atomic E-state index is 12.3. The number of rotatable bonds is 31. The van der Waals surface area contributed by atoms with Crippen LogP contribution < -0.4 is 0 Å². The van der Waals surface area contributed by atoms with Gasteiger partial charge in [-0.2, -0.15) is 0 Å². The molecule has 0 aliphatic rings. The van der Waals surface area contributed by atoms with Gasteiger partial charge in [0.25, 0.3) is 0 Å². The van der Waals surface area contributed by atoms with Crippen molar-refractivity contribution in [2.75, 3.05) is 13.2 Å². The number of allylic oxidation sites excluding steroid dienone is 8. The lowest BCUT2D eigenvalue weighted by molar-refractivity contribution is -0.161. The minimum absolute atomic E-state index is 0.203. The van der Waals surface area contributed by atoms with Crippen molar-refractivity contribution >= 4 is 19.8 Å². The van der Waals surface area contributed by atoms with Crippen LogP contribution in [0.1, 0.15) is 149 Å². The zero-order valence-electron chi connectivity index (χ0n) is 28.3. The van der Waals surface area contributed by atoms with Crippen LogP contribution in [0.2, 0.25) is 0 Å². The van der Waals surface area contributed by atoms with Gasteiger partial charge in [0.05, 0.1) is 6.61 Å². The van der Waals surface area contributed by atoms with E-state index >= 15 is 0 Å². The summed E-state index contributed by atoms with van der Waals surface area (Å²) in [7, 11) is -4.75. The molecule has 0 aliphatic carbocycles. The van der Waals surface area contributed by atoms with Crippen LogP contribution >= 0.6 is 7.82 Å². The van der Waals surface area contributed by atoms with Crippen molar-refractivity contribution in [3.8, 4) is 0 Å². The van der Waals surface area contributed by atoms with Crippen LogP contribution in [0, 0.1) is 0 Å². The normalized spacial score (nSPS) is 13.1. The summed E-state index contributed by atoms with van der Waals surface area (Å²) in [5.41, 5.74) is 0. The Hall–Kier alpha value is -1.99. The second kappa shape index (κ2) is 32.0. The summed E-state index contributed by atoms with van der Waals surface area (Å²) in [5.74, 6) is -0.936. The highest BCUT2D eigenvalue weighted by Gasteiger charge is 2.22. The third-order valence-electron chi connectivity index (χ3n) is 7.11. The number of unbranched alkanes of at least 4 members (excludes halogenated alkanes) is 13. The molecule has 0 aromatic heterocycles. The molecule has 0 fully saturated rings. The fourth-order valence-corrected chi connectivity index (χ4v) is 4.90. The number of carbonyl (C=O) groups is 2. The average molecular weight is 655 g/mol. The molecule has 0 radical (unpaired) electrons. The Kier molecular flexibility index (Phi) is 30.6. The van der Waals surface area contributed by atoms with E-state index < -0.39 is 32.5 Å². The third-order valence-corrected chi connectivity index (χ3v) is 7.60. The molecule has 9 heteroatoms. The van der Waals surface area contributed by atoms with E-state index in [1.54, 1.807) is 0 Å². The monoisotopic (exact) mass is 654 g/mol. The van der Waals surface area contributed by atoms with Gasteiger partial charge < -0.3 is 19.3 Å². The lowest BCUT2D eigenvalue weighted by atomic mass is 10.0. The number of hydrogen-bond acceptors (Lipinski definition) is 6. The SMILES string of the molecule is CC/C=C\C/C=C\C/C=C\C/C=C\CCCCC(=O)OC[C@H](COP(=O)(O)O)OC(=O)CCCCCCCCCCCCCC. The topological polar surface area (TPSA) is 119 Å². The first-order valence-corrected chi connectivity index (χ1v) is 19.0. The fourth-order valence-electron chi connectivity index (χ4n) is 4.54. The fraction of sp³-hybridized carbons (Fsp3) is 0.722. The molecule has 0 aromatic carbocycles. The molecule has 0 bridgehead atoms. The van der Waals surface area contributed by atoms with Gasteiger partial charge in [0, 0.05) is 12.8 Å². The van der Waals surface area contributed by atoms with Crippen LogP contribution in [0.3, 0.4) is 0 Å². The van der Waals surface area contributed by atoms with Crippen molar-refractivity contribution in [2.45, 2.75) is 155 Å². The molecule has 45 heavy (non-hydrogen) atoms. The minimum Gasteiger partial charge on any atom is -0.462 e. The Bertz CT molecular complexity index is 874. The van der Waals surface area contributed by atoms with E-state index in [1.165, 1.54) is 51.4 Å². The summed E-state index contributed by atoms with van der Waals surface area (Å²) in [6, 6.07) is 0. The van der Waals surface area contributed by atoms with Gasteiger partial charge in [-0.15, -0.1) is 0 Å². The van der Waals surface area contributed by atoms with E-state index in [0.717, 1.165) is 57.8 Å². The van der Waals surface area contributed by atoms with Gasteiger partial charge in [-0.3, -0.25) is 14.1 Å². The van der Waals surface area contributed by atoms with E-state index in [2.05, 4.69) is 67.0 Å². The molecular formula is C36H63O8P. The smallest absolute Gasteiger partial charge is 0.462 e. The second-order valence-corrected chi connectivity index (χ2v) is 12.7. The zero-order valence-corrected chi connectivity index (χ0v) is 29.1. The highest BCUT2D eigenvalue weighted by Crippen LogP contribution is 2.35. The Morgan fingerprint density at radius 1 is 0.600 bits per heavy atom. The van der Waals surface area contributed by atoms with Gasteiger partial charge in [-0.05, 0) is 51.4 Å². The van der Waals surface area contributed by atoms with Crippen molar-refractivity contribution in [2.24, 2.45) is 0 Å². The summed E-state index contributed by atoms with van der Waals surface area (Å²) in [6.07, 6.45) is 36.9. The molecule has 0 saturated carbocycles. The van der Waals surface area contributed by atoms with Crippen molar-refractivity contribution in [3.05, 3.63) is 48.6 Å². The van der Waals surface area contributed by atoms with E-state index in [-0.39, 0.29) is 19.4 Å². The molecule has 8 nitrogen and oxygen atoms in total. The Labute approximate surface area is 274 Å². The lowest BCUT2D eigenvalue weighted by Crippen LogP contribution is -2.29. The number of esters is 2. The van der Waals surface area contributed by atoms with Crippen molar-refractivity contribution in [3.63, 3.8) is 0 Å². The van der Waals surface area contributed by atoms with Crippen molar-refractivity contribution in [1.82, 2.24) is 0 Å². The summed E-state index contributed by atoms with van der Waals surface area (Å²) < 4.78 is 26.2. The first-order chi connectivity index (χ1) is 21.8. The zero-order chi connectivity index (χ0) is 33.3. The summed E-state index contributed by atoms with van der Waals surface area (Å²) >= 11 is 0. The molecule has 260 valence electrons. The predicted molar refractivity (Wildman–Crippen MR) is 184 cm³/mol. The molecule has 0 rings (SSSR count). The number of hydrogen-bond donors (Lipinski definition) is 2. The molecule has 0 aromatic rings. The second-order valence-electron chi connectivity index (χ2n) is 11.5. The number of carbonyl (C=O) groups excluding carboxylic acids is 2. The summed E-state index contributed by atoms with van der Waals surface area (Å²) in [5, 5.41) is 0. The Balaban J connectivity index is 4.08. The van der Waals surface area contributed by atoms with E-state index in [0.29, 0.717) is 12.8 Å². The lowest BCUT2D eigenvalue weighted by Gasteiger charge is -2.18. The van der Waals surface area contributed by atoms with Crippen LogP contribution in [-0.2, 0) is 28.2 Å². The molecular weight excluding hydrogens is 591 g/mol. The third kappa shape index (κ3) is 34.7. The van der Waals surface area contributed by atoms with Gasteiger partial charge in [0.2, 0.25) is 0 Å². The Morgan fingerprint density at radius 3 is 1.60 bits per heavy atom. The number of phosphoric ester groups is 1. The molecule has 0 spiro atoms. The van der Waals surface area contributed by atoms with Gasteiger partial charge in [-0.25, -0.2) is 4.57 Å². The molecule has 0 amide bonds. The molecule has 0 aliphatic heterocycles.